The first-order valence-electron chi connectivity index (χ1n) is 7.90. The summed E-state index contributed by atoms with van der Waals surface area (Å²) in [4.78, 5) is 36.8. The average Bonchev–Trinajstić information content (AvgIpc) is 2.94. The van der Waals surface area contributed by atoms with Crippen LogP contribution in [0.5, 0.6) is 5.75 Å². The minimum Gasteiger partial charge on any atom is -0.482 e. The molecule has 7 nitrogen and oxygen atoms in total. The van der Waals surface area contributed by atoms with Gasteiger partial charge in [-0.15, -0.1) is 0 Å². The minimum atomic E-state index is -0.549. The zero-order valence-electron chi connectivity index (χ0n) is 14.3. The Hall–Kier alpha value is -3.32. The summed E-state index contributed by atoms with van der Waals surface area (Å²) in [5, 5.41) is 2.97. The monoisotopic (exact) mass is 386 g/mol. The first kappa shape index (κ1) is 18.5. The number of benzene rings is 2. The number of nitrogens with zero attached hydrogens (tertiary/aromatic N) is 1. The number of halogens is 1. The maximum atomic E-state index is 12.6. The number of carbonyl (C=O) groups excluding carboxylic acids is 3. The van der Waals surface area contributed by atoms with Crippen LogP contribution < -0.4 is 15.0 Å². The van der Waals surface area contributed by atoms with Crippen molar-refractivity contribution in [2.75, 3.05) is 18.6 Å². The van der Waals surface area contributed by atoms with Crippen molar-refractivity contribution in [2.45, 2.75) is 0 Å². The number of ether oxygens (including phenoxy) is 2. The molecule has 138 valence electrons. The van der Waals surface area contributed by atoms with Crippen molar-refractivity contribution >= 4 is 41.3 Å². The molecule has 0 unspecified atom stereocenters. The second-order valence-corrected chi connectivity index (χ2v) is 5.98. The molecule has 0 bridgehead atoms. The van der Waals surface area contributed by atoms with Gasteiger partial charge in [-0.25, -0.2) is 14.5 Å². The fourth-order valence-corrected chi connectivity index (χ4v) is 2.60. The first-order valence-corrected chi connectivity index (χ1v) is 8.28. The summed E-state index contributed by atoms with van der Waals surface area (Å²) < 4.78 is 9.75. The van der Waals surface area contributed by atoms with Gasteiger partial charge >= 0.3 is 12.0 Å². The second-order valence-electron chi connectivity index (χ2n) is 5.54. The standard InChI is InChI=1S/C19H15ClN2O5/c1-26-17(23)11-27-15-7-5-12(6-8-15)9-16-18(24)22(19(25)21-16)14-4-2-3-13(20)10-14/h2-10H,11H2,1H3,(H,21,25)/b16-9+. The summed E-state index contributed by atoms with van der Waals surface area (Å²) in [6.45, 7) is -0.194. The molecule has 2 aromatic carbocycles. The van der Waals surface area contributed by atoms with Gasteiger partial charge in [0.15, 0.2) is 6.61 Å². The van der Waals surface area contributed by atoms with Crippen molar-refractivity contribution in [2.24, 2.45) is 0 Å². The Morgan fingerprint density at radius 2 is 1.93 bits per heavy atom. The van der Waals surface area contributed by atoms with Crippen molar-refractivity contribution in [1.82, 2.24) is 5.32 Å². The van der Waals surface area contributed by atoms with Gasteiger partial charge in [-0.05, 0) is 42.0 Å². The van der Waals surface area contributed by atoms with Crippen LogP contribution in [0, 0.1) is 0 Å². The summed E-state index contributed by atoms with van der Waals surface area (Å²) in [5.74, 6) is -0.486. The molecule has 0 saturated carbocycles. The van der Waals surface area contributed by atoms with E-state index in [4.69, 9.17) is 16.3 Å². The highest BCUT2D eigenvalue weighted by Gasteiger charge is 2.34. The van der Waals surface area contributed by atoms with Gasteiger partial charge in [-0.3, -0.25) is 4.79 Å². The van der Waals surface area contributed by atoms with Crippen LogP contribution in [0.3, 0.4) is 0 Å². The molecule has 3 rings (SSSR count). The fraction of sp³-hybridized carbons (Fsp3) is 0.105. The third kappa shape index (κ3) is 4.27. The molecule has 0 atom stereocenters. The normalized spacial score (nSPS) is 15.0. The summed E-state index contributed by atoms with van der Waals surface area (Å²) in [5.41, 5.74) is 1.21. The molecule has 0 aromatic heterocycles. The molecule has 2 aromatic rings. The lowest BCUT2D eigenvalue weighted by molar-refractivity contribution is -0.142. The molecule has 1 aliphatic rings. The van der Waals surface area contributed by atoms with E-state index >= 15 is 0 Å². The van der Waals surface area contributed by atoms with E-state index in [1.165, 1.54) is 13.2 Å². The van der Waals surface area contributed by atoms with E-state index in [2.05, 4.69) is 10.1 Å². The van der Waals surface area contributed by atoms with Crippen molar-refractivity contribution in [3.63, 3.8) is 0 Å². The van der Waals surface area contributed by atoms with Gasteiger partial charge in [0.1, 0.15) is 11.4 Å². The quantitative estimate of drug-likeness (QED) is 0.485. The van der Waals surface area contributed by atoms with Gasteiger partial charge in [0, 0.05) is 5.02 Å². The number of rotatable bonds is 5. The number of imide groups is 1. The van der Waals surface area contributed by atoms with Gasteiger partial charge in [0.05, 0.1) is 12.8 Å². The average molecular weight is 387 g/mol. The predicted molar refractivity (Wildman–Crippen MR) is 99.4 cm³/mol. The molecule has 1 fully saturated rings. The number of hydrogen-bond acceptors (Lipinski definition) is 5. The van der Waals surface area contributed by atoms with Crippen molar-refractivity contribution in [3.05, 3.63) is 64.8 Å². The highest BCUT2D eigenvalue weighted by atomic mass is 35.5. The molecule has 0 radical (unpaired) electrons. The molecular formula is C19H15ClN2O5. The highest BCUT2D eigenvalue weighted by Crippen LogP contribution is 2.25. The Kier molecular flexibility index (Phi) is 5.42. The number of anilines is 1. The third-order valence-electron chi connectivity index (χ3n) is 3.72. The van der Waals surface area contributed by atoms with E-state index in [0.717, 1.165) is 4.90 Å². The Bertz CT molecular complexity index is 924. The molecule has 1 N–H and O–H groups in total. The Morgan fingerprint density at radius 3 is 2.59 bits per heavy atom. The van der Waals surface area contributed by atoms with Crippen LogP contribution in [0.1, 0.15) is 5.56 Å². The fourth-order valence-electron chi connectivity index (χ4n) is 2.41. The zero-order valence-corrected chi connectivity index (χ0v) is 15.0. The molecule has 27 heavy (non-hydrogen) atoms. The second kappa shape index (κ2) is 7.92. The summed E-state index contributed by atoms with van der Waals surface area (Å²) in [7, 11) is 1.28. The number of hydrogen-bond donors (Lipinski definition) is 1. The lowest BCUT2D eigenvalue weighted by Crippen LogP contribution is -2.30. The van der Waals surface area contributed by atoms with Crippen LogP contribution >= 0.6 is 11.6 Å². The third-order valence-corrected chi connectivity index (χ3v) is 3.96. The molecule has 3 amide bonds. The van der Waals surface area contributed by atoms with Gasteiger partial charge in [0.2, 0.25) is 0 Å². The van der Waals surface area contributed by atoms with Crippen LogP contribution in [-0.4, -0.2) is 31.6 Å². The van der Waals surface area contributed by atoms with E-state index in [0.29, 0.717) is 22.0 Å². The number of carbonyl (C=O) groups is 3. The highest BCUT2D eigenvalue weighted by molar-refractivity contribution is 6.32. The molecule has 0 aliphatic carbocycles. The van der Waals surface area contributed by atoms with Gasteiger partial charge in [-0.1, -0.05) is 29.8 Å². The van der Waals surface area contributed by atoms with Crippen LogP contribution in [0.2, 0.25) is 5.02 Å². The summed E-state index contributed by atoms with van der Waals surface area (Å²) in [6, 6.07) is 12.6. The molecule has 8 heteroatoms. The van der Waals surface area contributed by atoms with Crippen molar-refractivity contribution in [3.8, 4) is 5.75 Å². The minimum absolute atomic E-state index is 0.142. The largest absolute Gasteiger partial charge is 0.482 e. The molecular weight excluding hydrogens is 372 g/mol. The molecule has 1 aliphatic heterocycles. The Morgan fingerprint density at radius 1 is 1.19 bits per heavy atom. The number of nitrogens with one attached hydrogen (secondary N) is 1. The zero-order chi connectivity index (χ0) is 19.4. The van der Waals surface area contributed by atoms with Crippen LogP contribution in [0.4, 0.5) is 10.5 Å². The van der Waals surface area contributed by atoms with Crippen LogP contribution in [0.25, 0.3) is 6.08 Å². The topological polar surface area (TPSA) is 84.9 Å². The van der Waals surface area contributed by atoms with E-state index in [1.54, 1.807) is 48.5 Å². The summed E-state index contributed by atoms with van der Waals surface area (Å²) >= 11 is 5.93. The van der Waals surface area contributed by atoms with Crippen LogP contribution in [-0.2, 0) is 14.3 Å². The number of urea groups is 1. The molecule has 0 spiro atoms. The predicted octanol–water partition coefficient (Wildman–Crippen LogP) is 2.99. The lowest BCUT2D eigenvalue weighted by Gasteiger charge is -2.11. The van der Waals surface area contributed by atoms with E-state index in [9.17, 15) is 14.4 Å². The molecule has 1 heterocycles. The Labute approximate surface area is 160 Å². The van der Waals surface area contributed by atoms with Crippen molar-refractivity contribution < 1.29 is 23.9 Å². The van der Waals surface area contributed by atoms with E-state index in [1.807, 2.05) is 0 Å². The SMILES string of the molecule is COC(=O)COc1ccc(/C=C2/NC(=O)N(c3cccc(Cl)c3)C2=O)cc1. The maximum Gasteiger partial charge on any atom is 0.343 e. The number of methoxy groups -OCH3 is 1. The van der Waals surface area contributed by atoms with E-state index in [-0.39, 0.29) is 12.3 Å². The van der Waals surface area contributed by atoms with E-state index < -0.39 is 17.9 Å². The number of amides is 3. The van der Waals surface area contributed by atoms with Gasteiger partial charge < -0.3 is 14.8 Å². The summed E-state index contributed by atoms with van der Waals surface area (Å²) in [6.07, 6.45) is 1.55. The molecule has 1 saturated heterocycles. The van der Waals surface area contributed by atoms with Gasteiger partial charge in [0.25, 0.3) is 5.91 Å². The maximum absolute atomic E-state index is 12.6. The van der Waals surface area contributed by atoms with Crippen LogP contribution in [0.15, 0.2) is 54.2 Å². The Balaban J connectivity index is 1.75. The first-order chi connectivity index (χ1) is 13.0. The van der Waals surface area contributed by atoms with Gasteiger partial charge in [-0.2, -0.15) is 0 Å². The number of esters is 1. The van der Waals surface area contributed by atoms with Crippen molar-refractivity contribution in [1.29, 1.82) is 0 Å². The lowest BCUT2D eigenvalue weighted by atomic mass is 10.2. The smallest absolute Gasteiger partial charge is 0.343 e.